The minimum Gasteiger partial charge on any atom is -0.383 e. The summed E-state index contributed by atoms with van der Waals surface area (Å²) in [4.78, 5) is 11.5. The second kappa shape index (κ2) is 7.97. The number of nitro groups is 1. The number of hydrogen-bond acceptors (Lipinski definition) is 6. The predicted octanol–water partition coefficient (Wildman–Crippen LogP) is 3.22. The lowest BCUT2D eigenvalue weighted by molar-refractivity contribution is -0.384. The zero-order valence-corrected chi connectivity index (χ0v) is 15.6. The van der Waals surface area contributed by atoms with Crippen LogP contribution in [0.15, 0.2) is 71.6 Å². The molecular formula is C18H16N2O5S2. The molecule has 140 valence electrons. The predicted molar refractivity (Wildman–Crippen MR) is 102 cm³/mol. The van der Waals surface area contributed by atoms with Gasteiger partial charge in [0.15, 0.2) is 0 Å². The highest BCUT2D eigenvalue weighted by molar-refractivity contribution is 7.89. The summed E-state index contributed by atoms with van der Waals surface area (Å²) in [6, 6.07) is 17.4. The second-order valence-electron chi connectivity index (χ2n) is 5.69. The van der Waals surface area contributed by atoms with Crippen molar-refractivity contribution in [1.29, 1.82) is 0 Å². The molecule has 0 aliphatic rings. The molecule has 1 aromatic heterocycles. The van der Waals surface area contributed by atoms with E-state index in [0.717, 1.165) is 22.6 Å². The first-order chi connectivity index (χ1) is 12.9. The van der Waals surface area contributed by atoms with E-state index < -0.39 is 21.1 Å². The molecule has 7 nitrogen and oxygen atoms in total. The molecule has 0 fully saturated rings. The van der Waals surface area contributed by atoms with E-state index in [2.05, 4.69) is 4.72 Å². The maximum absolute atomic E-state index is 12.3. The fourth-order valence-electron chi connectivity index (χ4n) is 2.43. The SMILES string of the molecule is O=[N+]([O-])c1ccc(S(=O)(=O)NCc2ccc(C(O)c3ccccc3)s2)cc1. The number of non-ortho nitro benzene ring substituents is 1. The van der Waals surface area contributed by atoms with Crippen LogP contribution >= 0.6 is 11.3 Å². The van der Waals surface area contributed by atoms with Crippen molar-refractivity contribution in [2.75, 3.05) is 0 Å². The highest BCUT2D eigenvalue weighted by atomic mass is 32.2. The molecule has 0 saturated carbocycles. The highest BCUT2D eigenvalue weighted by Crippen LogP contribution is 2.28. The standard InChI is InChI=1S/C18H16N2O5S2/c21-18(13-4-2-1-3-5-13)17-11-8-15(26-17)12-19-27(24,25)16-9-6-14(7-10-16)20(22)23/h1-11,18-19,21H,12H2. The Morgan fingerprint density at radius 1 is 1.04 bits per heavy atom. The number of nitro benzene ring substituents is 1. The third-order valence-electron chi connectivity index (χ3n) is 3.86. The van der Waals surface area contributed by atoms with Crippen molar-refractivity contribution in [2.24, 2.45) is 0 Å². The van der Waals surface area contributed by atoms with E-state index in [1.54, 1.807) is 12.1 Å². The monoisotopic (exact) mass is 404 g/mol. The molecule has 0 aliphatic heterocycles. The lowest BCUT2D eigenvalue weighted by atomic mass is 10.1. The Balaban J connectivity index is 1.68. The van der Waals surface area contributed by atoms with Crippen LogP contribution in [0, 0.1) is 10.1 Å². The third kappa shape index (κ3) is 4.58. The number of thiophene rings is 1. The third-order valence-corrected chi connectivity index (χ3v) is 6.42. The summed E-state index contributed by atoms with van der Waals surface area (Å²) >= 11 is 1.31. The van der Waals surface area contributed by atoms with Crippen LogP contribution in [0.5, 0.6) is 0 Å². The van der Waals surface area contributed by atoms with E-state index in [-0.39, 0.29) is 17.1 Å². The maximum atomic E-state index is 12.3. The topological polar surface area (TPSA) is 110 Å². The Labute approximate surface area is 160 Å². The first-order valence-electron chi connectivity index (χ1n) is 7.92. The molecule has 0 spiro atoms. The lowest BCUT2D eigenvalue weighted by Crippen LogP contribution is -2.22. The molecule has 27 heavy (non-hydrogen) atoms. The Kier molecular flexibility index (Phi) is 5.66. The van der Waals surface area contributed by atoms with Gasteiger partial charge in [-0.05, 0) is 29.8 Å². The van der Waals surface area contributed by atoms with Crippen LogP contribution < -0.4 is 4.72 Å². The van der Waals surface area contributed by atoms with Gasteiger partial charge in [-0.25, -0.2) is 13.1 Å². The molecule has 0 radical (unpaired) electrons. The van der Waals surface area contributed by atoms with E-state index in [1.807, 2.05) is 30.3 Å². The molecule has 0 bridgehead atoms. The second-order valence-corrected chi connectivity index (χ2v) is 8.66. The van der Waals surface area contributed by atoms with Crippen LogP contribution in [-0.2, 0) is 16.6 Å². The Hall–Kier alpha value is -2.59. The van der Waals surface area contributed by atoms with E-state index in [4.69, 9.17) is 0 Å². The van der Waals surface area contributed by atoms with Gasteiger partial charge in [-0.3, -0.25) is 10.1 Å². The van der Waals surface area contributed by atoms with Crippen LogP contribution in [0.1, 0.15) is 21.4 Å². The van der Waals surface area contributed by atoms with Gasteiger partial charge in [0.1, 0.15) is 6.10 Å². The average molecular weight is 404 g/mol. The van der Waals surface area contributed by atoms with Gasteiger partial charge in [0.25, 0.3) is 5.69 Å². The lowest BCUT2D eigenvalue weighted by Gasteiger charge is -2.08. The molecule has 3 aromatic rings. The summed E-state index contributed by atoms with van der Waals surface area (Å²) in [6.07, 6.45) is -0.767. The molecule has 0 saturated heterocycles. The number of benzene rings is 2. The largest absolute Gasteiger partial charge is 0.383 e. The minimum atomic E-state index is -3.79. The quantitative estimate of drug-likeness (QED) is 0.464. The summed E-state index contributed by atoms with van der Waals surface area (Å²) in [5, 5.41) is 21.1. The summed E-state index contributed by atoms with van der Waals surface area (Å²) in [5.41, 5.74) is 0.587. The number of sulfonamides is 1. The Morgan fingerprint density at radius 3 is 2.33 bits per heavy atom. The van der Waals surface area contributed by atoms with E-state index in [0.29, 0.717) is 4.88 Å². The van der Waals surface area contributed by atoms with Crippen molar-refractivity contribution in [1.82, 2.24) is 4.72 Å². The molecule has 1 atom stereocenters. The van der Waals surface area contributed by atoms with Crippen LogP contribution in [0.25, 0.3) is 0 Å². The molecule has 2 N–H and O–H groups in total. The number of aliphatic hydroxyl groups excluding tert-OH is 1. The van der Waals surface area contributed by atoms with Crippen molar-refractivity contribution in [2.45, 2.75) is 17.5 Å². The normalized spacial score (nSPS) is 12.6. The summed E-state index contributed by atoms with van der Waals surface area (Å²) in [6.45, 7) is 0.0610. The van der Waals surface area contributed by atoms with Gasteiger partial charge in [0, 0.05) is 28.4 Å². The molecule has 1 unspecified atom stereocenters. The van der Waals surface area contributed by atoms with Gasteiger partial charge in [-0.2, -0.15) is 0 Å². The summed E-state index contributed by atoms with van der Waals surface area (Å²) in [5.74, 6) is 0. The number of nitrogens with one attached hydrogen (secondary N) is 1. The zero-order valence-electron chi connectivity index (χ0n) is 14.0. The van der Waals surface area contributed by atoms with Gasteiger partial charge in [0.2, 0.25) is 10.0 Å². The molecule has 1 heterocycles. The van der Waals surface area contributed by atoms with Crippen LogP contribution in [-0.4, -0.2) is 18.4 Å². The van der Waals surface area contributed by atoms with Gasteiger partial charge >= 0.3 is 0 Å². The smallest absolute Gasteiger partial charge is 0.269 e. The zero-order chi connectivity index (χ0) is 19.4. The van der Waals surface area contributed by atoms with E-state index in [1.165, 1.54) is 23.5 Å². The molecule has 0 amide bonds. The Morgan fingerprint density at radius 2 is 1.70 bits per heavy atom. The van der Waals surface area contributed by atoms with E-state index >= 15 is 0 Å². The van der Waals surface area contributed by atoms with Gasteiger partial charge in [0.05, 0.1) is 9.82 Å². The molecule has 3 rings (SSSR count). The molecule has 2 aromatic carbocycles. The van der Waals surface area contributed by atoms with Crippen molar-refractivity contribution >= 4 is 27.0 Å². The summed E-state index contributed by atoms with van der Waals surface area (Å²) in [7, 11) is -3.79. The maximum Gasteiger partial charge on any atom is 0.269 e. The minimum absolute atomic E-state index is 0.0470. The van der Waals surface area contributed by atoms with Gasteiger partial charge in [-0.1, -0.05) is 30.3 Å². The first kappa shape index (κ1) is 19.2. The fraction of sp³-hybridized carbons (Fsp3) is 0.111. The first-order valence-corrected chi connectivity index (χ1v) is 10.2. The average Bonchev–Trinajstić information content (AvgIpc) is 3.16. The van der Waals surface area contributed by atoms with Crippen molar-refractivity contribution in [3.63, 3.8) is 0 Å². The van der Waals surface area contributed by atoms with Crippen LogP contribution in [0.3, 0.4) is 0 Å². The number of hydrogen-bond donors (Lipinski definition) is 2. The Bertz CT molecular complexity index is 1030. The van der Waals surface area contributed by atoms with Crippen molar-refractivity contribution in [3.8, 4) is 0 Å². The van der Waals surface area contributed by atoms with Crippen molar-refractivity contribution < 1.29 is 18.4 Å². The highest BCUT2D eigenvalue weighted by Gasteiger charge is 2.17. The number of nitrogens with zero attached hydrogens (tertiary/aromatic N) is 1. The molecule has 0 aliphatic carbocycles. The van der Waals surface area contributed by atoms with E-state index in [9.17, 15) is 23.6 Å². The van der Waals surface area contributed by atoms with Gasteiger partial charge < -0.3 is 5.11 Å². The van der Waals surface area contributed by atoms with Crippen LogP contribution in [0.4, 0.5) is 5.69 Å². The molecular weight excluding hydrogens is 388 g/mol. The van der Waals surface area contributed by atoms with Crippen LogP contribution in [0.2, 0.25) is 0 Å². The summed E-state index contributed by atoms with van der Waals surface area (Å²) < 4.78 is 27.1. The van der Waals surface area contributed by atoms with Gasteiger partial charge in [-0.15, -0.1) is 11.3 Å². The fourth-order valence-corrected chi connectivity index (χ4v) is 4.50. The number of aliphatic hydroxyl groups is 1. The molecule has 9 heteroatoms. The van der Waals surface area contributed by atoms with Crippen molar-refractivity contribution in [3.05, 3.63) is 92.2 Å². The number of rotatable bonds is 7.